The van der Waals surface area contributed by atoms with Crippen LogP contribution in [-0.2, 0) is 28.8 Å². The molecule has 1 heterocycles. The molecule has 2 aliphatic carbocycles. The number of aliphatic hydroxyl groups is 1. The number of aliphatic hydroxyl groups excluding tert-OH is 1. The van der Waals surface area contributed by atoms with Gasteiger partial charge in [-0.05, 0) is 48.8 Å². The summed E-state index contributed by atoms with van der Waals surface area (Å²) in [5.41, 5.74) is 3.99. The number of rotatable bonds is 3. The summed E-state index contributed by atoms with van der Waals surface area (Å²) in [6.45, 7) is 1.82. The molecule has 0 aromatic heterocycles. The summed E-state index contributed by atoms with van der Waals surface area (Å²) in [5.74, 6) is 0.356. The fourth-order valence-corrected chi connectivity index (χ4v) is 4.72. The van der Waals surface area contributed by atoms with Gasteiger partial charge in [-0.3, -0.25) is 4.79 Å². The SMILES string of the molecule is O=C(Cc1ccc2c(c1)CCC2)N1CCOC[C@@H]1[C@H]1CCC[C@@H]1O. The fraction of sp³-hybridized carbons (Fsp3) is 0.650. The molecule has 0 unspecified atom stereocenters. The lowest BCUT2D eigenvalue weighted by Gasteiger charge is -2.40. The van der Waals surface area contributed by atoms with Gasteiger partial charge in [0.15, 0.2) is 0 Å². The van der Waals surface area contributed by atoms with Crippen molar-refractivity contribution in [2.45, 2.75) is 57.1 Å². The lowest BCUT2D eigenvalue weighted by molar-refractivity contribution is -0.143. The quantitative estimate of drug-likeness (QED) is 0.924. The molecule has 3 aliphatic rings. The first-order chi connectivity index (χ1) is 11.7. The van der Waals surface area contributed by atoms with Crippen LogP contribution < -0.4 is 0 Å². The Labute approximate surface area is 143 Å². The maximum Gasteiger partial charge on any atom is 0.227 e. The first-order valence-corrected chi connectivity index (χ1v) is 9.38. The second-order valence-electron chi connectivity index (χ2n) is 7.52. The molecule has 0 bridgehead atoms. The van der Waals surface area contributed by atoms with E-state index in [4.69, 9.17) is 4.74 Å². The summed E-state index contributed by atoms with van der Waals surface area (Å²) in [6.07, 6.45) is 6.64. The third-order valence-corrected chi connectivity index (χ3v) is 6.03. The monoisotopic (exact) mass is 329 g/mol. The number of carbonyl (C=O) groups is 1. The highest BCUT2D eigenvalue weighted by Crippen LogP contribution is 2.32. The highest BCUT2D eigenvalue weighted by atomic mass is 16.5. The van der Waals surface area contributed by atoms with Gasteiger partial charge in [0.25, 0.3) is 0 Å². The van der Waals surface area contributed by atoms with Gasteiger partial charge in [-0.15, -0.1) is 0 Å². The Morgan fingerprint density at radius 1 is 1.21 bits per heavy atom. The molecule has 4 nitrogen and oxygen atoms in total. The van der Waals surface area contributed by atoms with Crippen molar-refractivity contribution in [1.82, 2.24) is 4.90 Å². The molecule has 0 spiro atoms. The second kappa shape index (κ2) is 6.85. The van der Waals surface area contributed by atoms with Gasteiger partial charge in [-0.1, -0.05) is 24.6 Å². The van der Waals surface area contributed by atoms with E-state index >= 15 is 0 Å². The van der Waals surface area contributed by atoms with E-state index in [1.54, 1.807) is 0 Å². The molecule has 1 aromatic rings. The summed E-state index contributed by atoms with van der Waals surface area (Å²) in [7, 11) is 0. The Bertz CT molecular complexity index is 615. The van der Waals surface area contributed by atoms with Crippen molar-refractivity contribution in [2.24, 2.45) is 5.92 Å². The molecule has 1 aliphatic heterocycles. The number of morpholine rings is 1. The molecule has 4 heteroatoms. The highest BCUT2D eigenvalue weighted by Gasteiger charge is 2.39. The van der Waals surface area contributed by atoms with Crippen LogP contribution in [-0.4, -0.2) is 47.8 Å². The van der Waals surface area contributed by atoms with Gasteiger partial charge in [0, 0.05) is 12.5 Å². The number of fused-ring (bicyclic) bond motifs is 1. The molecule has 24 heavy (non-hydrogen) atoms. The number of carbonyl (C=O) groups excluding carboxylic acids is 1. The standard InChI is InChI=1S/C20H27NO3/c22-19-6-2-5-17(19)18-13-24-10-9-21(18)20(23)12-14-7-8-15-3-1-4-16(15)11-14/h7-8,11,17-19,22H,1-6,9-10,12-13H2/t17-,18-,19+/m1/s1. The number of hydrogen-bond donors (Lipinski definition) is 1. The van der Waals surface area contributed by atoms with E-state index in [-0.39, 0.29) is 24.0 Å². The van der Waals surface area contributed by atoms with Gasteiger partial charge in [0.05, 0.1) is 31.8 Å². The zero-order valence-electron chi connectivity index (χ0n) is 14.2. The molecule has 1 aromatic carbocycles. The second-order valence-corrected chi connectivity index (χ2v) is 7.52. The van der Waals surface area contributed by atoms with Crippen molar-refractivity contribution in [3.63, 3.8) is 0 Å². The van der Waals surface area contributed by atoms with Crippen molar-refractivity contribution in [2.75, 3.05) is 19.8 Å². The van der Waals surface area contributed by atoms with Crippen molar-refractivity contribution < 1.29 is 14.6 Å². The van der Waals surface area contributed by atoms with E-state index in [0.717, 1.165) is 31.2 Å². The first-order valence-electron chi connectivity index (χ1n) is 9.38. The van der Waals surface area contributed by atoms with Gasteiger partial charge in [-0.2, -0.15) is 0 Å². The predicted octanol–water partition coefficient (Wildman–Crippen LogP) is 2.11. The highest BCUT2D eigenvalue weighted by molar-refractivity contribution is 5.79. The number of ether oxygens (including phenoxy) is 1. The van der Waals surface area contributed by atoms with Crippen LogP contribution in [0.15, 0.2) is 18.2 Å². The number of aryl methyl sites for hydroxylation is 2. The van der Waals surface area contributed by atoms with Crippen molar-refractivity contribution in [1.29, 1.82) is 0 Å². The van der Waals surface area contributed by atoms with E-state index in [2.05, 4.69) is 18.2 Å². The minimum Gasteiger partial charge on any atom is -0.393 e. The average Bonchev–Trinajstić information content (AvgIpc) is 3.23. The van der Waals surface area contributed by atoms with Gasteiger partial charge in [0.1, 0.15) is 0 Å². The van der Waals surface area contributed by atoms with Crippen LogP contribution in [0.25, 0.3) is 0 Å². The van der Waals surface area contributed by atoms with Crippen molar-refractivity contribution in [3.05, 3.63) is 34.9 Å². The van der Waals surface area contributed by atoms with Gasteiger partial charge in [-0.25, -0.2) is 0 Å². The van der Waals surface area contributed by atoms with Gasteiger partial charge >= 0.3 is 0 Å². The lowest BCUT2D eigenvalue weighted by atomic mass is 9.93. The number of amides is 1. The molecule has 1 saturated carbocycles. The summed E-state index contributed by atoms with van der Waals surface area (Å²) in [5, 5.41) is 10.2. The number of nitrogens with zero attached hydrogens (tertiary/aromatic N) is 1. The van der Waals surface area contributed by atoms with Crippen LogP contribution in [0.2, 0.25) is 0 Å². The molecule has 0 radical (unpaired) electrons. The maximum atomic E-state index is 12.9. The Kier molecular flexibility index (Phi) is 4.59. The maximum absolute atomic E-state index is 12.9. The van der Waals surface area contributed by atoms with Crippen LogP contribution in [0, 0.1) is 5.92 Å². The van der Waals surface area contributed by atoms with Crippen LogP contribution in [0.3, 0.4) is 0 Å². The minimum absolute atomic E-state index is 0.0400. The molecular weight excluding hydrogens is 302 g/mol. The normalized spacial score (nSPS) is 29.7. The Balaban J connectivity index is 1.47. The Morgan fingerprint density at radius 2 is 2.08 bits per heavy atom. The van der Waals surface area contributed by atoms with Crippen LogP contribution in [0.4, 0.5) is 0 Å². The van der Waals surface area contributed by atoms with Gasteiger partial charge < -0.3 is 14.7 Å². The number of hydrogen-bond acceptors (Lipinski definition) is 3. The summed E-state index contributed by atoms with van der Waals surface area (Å²) < 4.78 is 5.63. The average molecular weight is 329 g/mol. The molecule has 3 atom stereocenters. The number of benzene rings is 1. The van der Waals surface area contributed by atoms with Crippen LogP contribution in [0.1, 0.15) is 42.4 Å². The first kappa shape index (κ1) is 16.1. The van der Waals surface area contributed by atoms with Crippen molar-refractivity contribution in [3.8, 4) is 0 Å². The summed E-state index contributed by atoms with van der Waals surface area (Å²) in [6, 6.07) is 6.57. The van der Waals surface area contributed by atoms with E-state index in [1.807, 2.05) is 4.90 Å². The largest absolute Gasteiger partial charge is 0.393 e. The Morgan fingerprint density at radius 3 is 2.92 bits per heavy atom. The molecule has 1 amide bonds. The third kappa shape index (κ3) is 3.09. The zero-order chi connectivity index (χ0) is 16.5. The Hall–Kier alpha value is -1.39. The molecule has 130 valence electrons. The van der Waals surface area contributed by atoms with Crippen LogP contribution in [0.5, 0.6) is 0 Å². The van der Waals surface area contributed by atoms with Gasteiger partial charge in [0.2, 0.25) is 5.91 Å². The third-order valence-electron chi connectivity index (χ3n) is 6.03. The summed E-state index contributed by atoms with van der Waals surface area (Å²) in [4.78, 5) is 14.9. The minimum atomic E-state index is -0.285. The molecular formula is C20H27NO3. The fourth-order valence-electron chi connectivity index (χ4n) is 4.72. The van der Waals surface area contributed by atoms with Crippen molar-refractivity contribution >= 4 is 5.91 Å². The van der Waals surface area contributed by atoms with E-state index < -0.39 is 0 Å². The molecule has 4 rings (SSSR count). The smallest absolute Gasteiger partial charge is 0.227 e. The zero-order valence-corrected chi connectivity index (χ0v) is 14.2. The predicted molar refractivity (Wildman–Crippen MR) is 91.8 cm³/mol. The molecule has 1 saturated heterocycles. The van der Waals surface area contributed by atoms with E-state index in [0.29, 0.717) is 26.2 Å². The molecule has 1 N–H and O–H groups in total. The van der Waals surface area contributed by atoms with E-state index in [9.17, 15) is 9.90 Å². The van der Waals surface area contributed by atoms with Crippen LogP contribution >= 0.6 is 0 Å². The summed E-state index contributed by atoms with van der Waals surface area (Å²) >= 11 is 0. The molecule has 2 fully saturated rings. The van der Waals surface area contributed by atoms with E-state index in [1.165, 1.54) is 24.0 Å². The lowest BCUT2D eigenvalue weighted by Crippen LogP contribution is -2.54. The topological polar surface area (TPSA) is 49.8 Å².